The lowest BCUT2D eigenvalue weighted by atomic mass is 9.57. The monoisotopic (exact) mass is 571 g/mol. The molecule has 6 N–H and O–H groups in total. The van der Waals surface area contributed by atoms with Gasteiger partial charge in [-0.25, -0.2) is 0 Å². The van der Waals surface area contributed by atoms with Crippen LogP contribution >= 0.6 is 0 Å². The predicted octanol–water partition coefficient (Wildman–Crippen LogP) is 1.74. The number of aryl methyl sites for hydroxylation is 1. The van der Waals surface area contributed by atoms with Gasteiger partial charge >= 0.3 is 0 Å². The first-order valence-electron chi connectivity index (χ1n) is 13.5. The molecule has 1 amide bonds. The molecule has 1 fully saturated rings. The van der Waals surface area contributed by atoms with Gasteiger partial charge in [0.1, 0.15) is 22.8 Å². The third-order valence-corrected chi connectivity index (χ3v) is 8.57. The number of hydrogen-bond acceptors (Lipinski definition) is 9. The van der Waals surface area contributed by atoms with Gasteiger partial charge in [0.15, 0.2) is 11.4 Å². The highest BCUT2D eigenvalue weighted by Gasteiger charge is 2.64. The molecule has 0 aromatic heterocycles. The van der Waals surface area contributed by atoms with Crippen molar-refractivity contribution in [3.8, 4) is 17.6 Å². The summed E-state index contributed by atoms with van der Waals surface area (Å²) < 4.78 is 0. The van der Waals surface area contributed by atoms with Crippen LogP contribution in [0.3, 0.4) is 0 Å². The molecular weight excluding hydrogens is 538 g/mol. The molecule has 0 bridgehead atoms. The van der Waals surface area contributed by atoms with E-state index in [9.17, 15) is 34.8 Å². The third kappa shape index (κ3) is 4.16. The van der Waals surface area contributed by atoms with Crippen molar-refractivity contribution >= 4 is 28.9 Å². The molecule has 0 spiro atoms. The van der Waals surface area contributed by atoms with Gasteiger partial charge in [-0.2, -0.15) is 0 Å². The van der Waals surface area contributed by atoms with Gasteiger partial charge in [0.05, 0.1) is 17.2 Å². The lowest BCUT2D eigenvalue weighted by Crippen LogP contribution is -2.65. The number of Topliss-reactive ketones (excluding diaryl/α,β-unsaturated/α-hetero) is 2. The zero-order chi connectivity index (χ0) is 30.8. The van der Waals surface area contributed by atoms with Crippen molar-refractivity contribution in [2.45, 2.75) is 31.4 Å². The Kier molecular flexibility index (Phi) is 6.92. The van der Waals surface area contributed by atoms with E-state index in [1.54, 1.807) is 34.3 Å². The van der Waals surface area contributed by atoms with Crippen molar-refractivity contribution in [1.82, 2.24) is 4.90 Å². The molecule has 2 aromatic carbocycles. The first-order valence-corrected chi connectivity index (χ1v) is 13.5. The minimum atomic E-state index is -2.69. The number of nitrogens with two attached hydrogens (primary N) is 1. The van der Waals surface area contributed by atoms with Gasteiger partial charge in [-0.15, -0.1) is 0 Å². The normalized spacial score (nSPS) is 25.0. The minimum Gasteiger partial charge on any atom is -0.508 e. The molecule has 4 atom stereocenters. The number of carbonyl (C=O) groups is 3. The molecule has 0 heterocycles. The lowest BCUT2D eigenvalue weighted by Gasteiger charge is -2.50. The van der Waals surface area contributed by atoms with Crippen molar-refractivity contribution in [3.63, 3.8) is 0 Å². The van der Waals surface area contributed by atoms with Crippen LogP contribution in [0.1, 0.15) is 34.2 Å². The maximum atomic E-state index is 14.1. The second-order valence-corrected chi connectivity index (χ2v) is 11.6. The number of primary amides is 1. The first-order chi connectivity index (χ1) is 19.7. The van der Waals surface area contributed by atoms with E-state index in [2.05, 4.69) is 11.8 Å². The number of benzene rings is 2. The Morgan fingerprint density at radius 3 is 2.26 bits per heavy atom. The van der Waals surface area contributed by atoms with Crippen LogP contribution in [0.2, 0.25) is 0 Å². The Morgan fingerprint density at radius 1 is 1.05 bits per heavy atom. The van der Waals surface area contributed by atoms with E-state index in [1.807, 2.05) is 36.1 Å². The number of rotatable bonds is 3. The predicted molar refractivity (Wildman–Crippen MR) is 156 cm³/mol. The highest BCUT2D eigenvalue weighted by molar-refractivity contribution is 6.24. The summed E-state index contributed by atoms with van der Waals surface area (Å²) in [6.07, 6.45) is 0.218. The summed E-state index contributed by atoms with van der Waals surface area (Å²) in [5.41, 5.74) is 4.91. The molecule has 1 saturated carbocycles. The molecule has 0 saturated heterocycles. The number of carbonyl (C=O) groups excluding carboxylic acids is 3. The molecule has 10 heteroatoms. The smallest absolute Gasteiger partial charge is 0.255 e. The fraction of sp³-hybridized carbons (Fsp3) is 0.344. The quantitative estimate of drug-likeness (QED) is 0.273. The highest BCUT2D eigenvalue weighted by atomic mass is 16.3. The summed E-state index contributed by atoms with van der Waals surface area (Å²) in [5, 5.41) is 45.8. The average Bonchev–Trinajstić information content (AvgIpc) is 2.90. The van der Waals surface area contributed by atoms with E-state index in [0.717, 1.165) is 11.1 Å². The van der Waals surface area contributed by atoms with Gasteiger partial charge in [-0.3, -0.25) is 19.3 Å². The third-order valence-electron chi connectivity index (χ3n) is 8.57. The van der Waals surface area contributed by atoms with Crippen molar-refractivity contribution in [2.75, 3.05) is 33.1 Å². The first kappa shape index (κ1) is 28.9. The van der Waals surface area contributed by atoms with Gasteiger partial charge in [-0.05, 0) is 63.5 Å². The number of hydrogen-bond donors (Lipinski definition) is 5. The van der Waals surface area contributed by atoms with Crippen LogP contribution in [0, 0.1) is 30.6 Å². The van der Waals surface area contributed by atoms with Crippen molar-refractivity contribution in [2.24, 2.45) is 17.6 Å². The summed E-state index contributed by atoms with van der Waals surface area (Å²) in [4.78, 5) is 42.8. The maximum Gasteiger partial charge on any atom is 0.255 e. The maximum absolute atomic E-state index is 14.1. The van der Waals surface area contributed by atoms with Gasteiger partial charge in [-0.1, -0.05) is 29.5 Å². The van der Waals surface area contributed by atoms with E-state index in [-0.39, 0.29) is 35.3 Å². The molecule has 0 unspecified atom stereocenters. The molecular formula is C32H33N3O7. The molecule has 5 rings (SSSR count). The Balaban J connectivity index is 1.72. The minimum absolute atomic E-state index is 0.00527. The van der Waals surface area contributed by atoms with Gasteiger partial charge < -0.3 is 31.1 Å². The van der Waals surface area contributed by atoms with E-state index in [1.165, 1.54) is 4.90 Å². The van der Waals surface area contributed by atoms with E-state index < -0.39 is 58.0 Å². The summed E-state index contributed by atoms with van der Waals surface area (Å²) in [6, 6.07) is 8.11. The van der Waals surface area contributed by atoms with Crippen LogP contribution in [-0.4, -0.2) is 82.6 Å². The zero-order valence-electron chi connectivity index (χ0n) is 24.0. The van der Waals surface area contributed by atoms with Crippen molar-refractivity contribution in [3.05, 3.63) is 75.1 Å². The molecule has 2 aromatic rings. The molecule has 10 nitrogen and oxygen atoms in total. The Bertz CT molecular complexity index is 1670. The number of nitrogens with zero attached hydrogens (tertiary/aromatic N) is 2. The Morgan fingerprint density at radius 2 is 1.69 bits per heavy atom. The number of phenols is 1. The van der Waals surface area contributed by atoms with E-state index in [0.29, 0.717) is 11.3 Å². The summed E-state index contributed by atoms with van der Waals surface area (Å²) in [6.45, 7) is 1.96. The largest absolute Gasteiger partial charge is 0.508 e. The van der Waals surface area contributed by atoms with Crippen LogP contribution < -0.4 is 10.6 Å². The topological polar surface area (TPSA) is 165 Å². The SMILES string of the molecule is Cc1ccc(C#Cc2cc(N(C)C)c3c(c2O)C(O)=C2C(=O)[C@]4(O)C(O)=C(C(N)=O)C(=O)[C@@H](N(C)C)[C@H]4C[C@H]2C3)cc1. The lowest BCUT2D eigenvalue weighted by molar-refractivity contribution is -0.153. The van der Waals surface area contributed by atoms with Crippen LogP contribution in [0.5, 0.6) is 5.75 Å². The molecule has 3 aliphatic carbocycles. The van der Waals surface area contributed by atoms with Crippen LogP contribution in [0.4, 0.5) is 5.69 Å². The van der Waals surface area contributed by atoms with Crippen LogP contribution in [-0.2, 0) is 20.8 Å². The van der Waals surface area contributed by atoms with Gasteiger partial charge in [0.25, 0.3) is 5.91 Å². The molecule has 218 valence electrons. The second-order valence-electron chi connectivity index (χ2n) is 11.6. The Hall–Kier alpha value is -4.59. The Labute approximate surface area is 243 Å². The van der Waals surface area contributed by atoms with Crippen molar-refractivity contribution < 1.29 is 34.8 Å². The molecule has 0 radical (unpaired) electrons. The number of amides is 1. The molecule has 0 aliphatic heterocycles. The second kappa shape index (κ2) is 10.0. The number of fused-ring (bicyclic) bond motifs is 3. The number of phenolic OH excluding ortho intramolecular Hbond substituents is 1. The number of aromatic hydroxyl groups is 1. The fourth-order valence-electron chi connectivity index (χ4n) is 6.56. The van der Waals surface area contributed by atoms with Gasteiger partial charge in [0, 0.05) is 36.8 Å². The number of aliphatic hydroxyl groups excluding tert-OH is 2. The standard InChI is InChI=1S/C32H33N3O7/c1-15-6-8-16(9-7-15)10-11-17-14-21(34(2)3)19-12-18-13-20-25(35(4)5)28(38)24(31(33)41)30(40)32(20,42)29(39)22(18)27(37)23(19)26(17)36/h6-9,14,18,20,25,36-37,40,42H,12-13H2,1-5H3,(H2,33,41)/t18-,20-,25+,32+/m1/s1. The van der Waals surface area contributed by atoms with E-state index >= 15 is 0 Å². The number of ketones is 2. The average molecular weight is 572 g/mol. The van der Waals surface area contributed by atoms with Crippen molar-refractivity contribution in [1.29, 1.82) is 0 Å². The summed E-state index contributed by atoms with van der Waals surface area (Å²) >= 11 is 0. The zero-order valence-corrected chi connectivity index (χ0v) is 24.0. The van der Waals surface area contributed by atoms with Crippen LogP contribution in [0.15, 0.2) is 47.2 Å². The molecule has 42 heavy (non-hydrogen) atoms. The van der Waals surface area contributed by atoms with Gasteiger partial charge in [0.2, 0.25) is 5.78 Å². The summed E-state index contributed by atoms with van der Waals surface area (Å²) in [7, 11) is 6.74. The van der Waals surface area contributed by atoms with E-state index in [4.69, 9.17) is 5.73 Å². The summed E-state index contributed by atoms with van der Waals surface area (Å²) in [5.74, 6) is -0.924. The van der Waals surface area contributed by atoms with Crippen LogP contribution in [0.25, 0.3) is 5.76 Å². The fourth-order valence-corrected chi connectivity index (χ4v) is 6.56. The number of anilines is 1. The number of aliphatic hydroxyl groups is 3. The highest BCUT2D eigenvalue weighted by Crippen LogP contribution is 2.54. The number of likely N-dealkylation sites (N-methyl/N-ethyl adjacent to an activating group) is 1. The molecule has 3 aliphatic rings.